The van der Waals surface area contributed by atoms with Crippen LogP contribution in [0.15, 0.2) is 54.6 Å². The van der Waals surface area contributed by atoms with Crippen LogP contribution in [0.2, 0.25) is 0 Å². The van der Waals surface area contributed by atoms with E-state index in [0.29, 0.717) is 11.8 Å². The van der Waals surface area contributed by atoms with Crippen molar-refractivity contribution in [1.29, 1.82) is 0 Å². The SMILES string of the molecule is CC(c1ccccc1)N1CCC(CCNc2cccc(O)c2)CC1. The van der Waals surface area contributed by atoms with Gasteiger partial charge in [0.05, 0.1) is 0 Å². The van der Waals surface area contributed by atoms with Crippen molar-refractivity contribution < 1.29 is 5.11 Å². The molecule has 0 spiro atoms. The summed E-state index contributed by atoms with van der Waals surface area (Å²) in [6.07, 6.45) is 3.75. The molecule has 2 N–H and O–H groups in total. The maximum absolute atomic E-state index is 9.49. The number of anilines is 1. The Balaban J connectivity index is 1.41. The van der Waals surface area contributed by atoms with Crippen molar-refractivity contribution in [2.75, 3.05) is 25.0 Å². The number of rotatable bonds is 6. The molecule has 3 heteroatoms. The molecule has 3 rings (SSSR count). The number of hydrogen-bond acceptors (Lipinski definition) is 3. The topological polar surface area (TPSA) is 35.5 Å². The van der Waals surface area contributed by atoms with E-state index in [1.807, 2.05) is 12.1 Å². The third kappa shape index (κ3) is 4.51. The van der Waals surface area contributed by atoms with Crippen molar-refractivity contribution in [2.45, 2.75) is 32.2 Å². The zero-order chi connectivity index (χ0) is 16.8. The number of phenols is 1. The van der Waals surface area contributed by atoms with Crippen molar-refractivity contribution >= 4 is 5.69 Å². The van der Waals surface area contributed by atoms with Crippen molar-refractivity contribution in [2.24, 2.45) is 5.92 Å². The van der Waals surface area contributed by atoms with Crippen molar-refractivity contribution in [3.63, 3.8) is 0 Å². The predicted molar refractivity (Wildman–Crippen MR) is 100 cm³/mol. The predicted octanol–water partition coefficient (Wildman–Crippen LogP) is 4.67. The van der Waals surface area contributed by atoms with E-state index in [1.165, 1.54) is 37.9 Å². The minimum atomic E-state index is 0.322. The number of piperidine rings is 1. The summed E-state index contributed by atoms with van der Waals surface area (Å²) in [5.74, 6) is 1.12. The second-order valence-electron chi connectivity index (χ2n) is 6.83. The molecule has 0 aliphatic carbocycles. The van der Waals surface area contributed by atoms with E-state index < -0.39 is 0 Å². The van der Waals surface area contributed by atoms with E-state index in [1.54, 1.807) is 12.1 Å². The third-order valence-electron chi connectivity index (χ3n) is 5.21. The Morgan fingerprint density at radius 1 is 1.08 bits per heavy atom. The molecule has 1 saturated heterocycles. The minimum absolute atomic E-state index is 0.322. The van der Waals surface area contributed by atoms with Crippen LogP contribution >= 0.6 is 0 Å². The Kier molecular flexibility index (Phi) is 5.76. The second kappa shape index (κ2) is 8.20. The molecule has 0 radical (unpaired) electrons. The number of hydrogen-bond donors (Lipinski definition) is 2. The van der Waals surface area contributed by atoms with Gasteiger partial charge in [-0.25, -0.2) is 0 Å². The molecular formula is C21H28N2O. The van der Waals surface area contributed by atoms with Crippen molar-refractivity contribution in [1.82, 2.24) is 4.90 Å². The fourth-order valence-electron chi connectivity index (χ4n) is 3.61. The number of phenolic OH excluding ortho intramolecular Hbond substituents is 1. The van der Waals surface area contributed by atoms with Gasteiger partial charge in [0.2, 0.25) is 0 Å². The van der Waals surface area contributed by atoms with Gasteiger partial charge in [-0.1, -0.05) is 36.4 Å². The Morgan fingerprint density at radius 2 is 1.83 bits per heavy atom. The molecule has 2 aromatic rings. The average molecular weight is 324 g/mol. The summed E-state index contributed by atoms with van der Waals surface area (Å²) in [7, 11) is 0. The molecule has 1 aliphatic heterocycles. The standard InChI is InChI=1S/C21H28N2O/c1-17(19-6-3-2-4-7-19)23-14-11-18(12-15-23)10-13-22-20-8-5-9-21(24)16-20/h2-9,16-18,22,24H,10-15H2,1H3. The molecule has 1 aliphatic rings. The molecule has 3 nitrogen and oxygen atoms in total. The quantitative estimate of drug-likeness (QED) is 0.810. The minimum Gasteiger partial charge on any atom is -0.508 e. The Morgan fingerprint density at radius 3 is 2.54 bits per heavy atom. The van der Waals surface area contributed by atoms with Crippen LogP contribution in [0.4, 0.5) is 5.69 Å². The van der Waals surface area contributed by atoms with Crippen LogP contribution in [-0.4, -0.2) is 29.6 Å². The summed E-state index contributed by atoms with van der Waals surface area (Å²) in [4.78, 5) is 2.61. The highest BCUT2D eigenvalue weighted by molar-refractivity contribution is 5.47. The van der Waals surface area contributed by atoms with Crippen LogP contribution in [0, 0.1) is 5.92 Å². The first kappa shape index (κ1) is 16.8. The van der Waals surface area contributed by atoms with E-state index >= 15 is 0 Å². The summed E-state index contributed by atoms with van der Waals surface area (Å²) in [5.41, 5.74) is 2.42. The molecule has 24 heavy (non-hydrogen) atoms. The van der Waals surface area contributed by atoms with Gasteiger partial charge in [-0.3, -0.25) is 4.90 Å². The van der Waals surface area contributed by atoms with Gasteiger partial charge in [0.1, 0.15) is 5.75 Å². The summed E-state index contributed by atoms with van der Waals surface area (Å²) >= 11 is 0. The molecule has 128 valence electrons. The van der Waals surface area contributed by atoms with E-state index in [9.17, 15) is 5.11 Å². The van der Waals surface area contributed by atoms with Crippen LogP contribution in [0.3, 0.4) is 0 Å². The molecule has 0 aromatic heterocycles. The van der Waals surface area contributed by atoms with Crippen LogP contribution in [-0.2, 0) is 0 Å². The molecule has 1 heterocycles. The van der Waals surface area contributed by atoms with E-state index in [-0.39, 0.29) is 0 Å². The van der Waals surface area contributed by atoms with E-state index in [4.69, 9.17) is 0 Å². The Bertz CT molecular complexity index is 621. The van der Waals surface area contributed by atoms with Crippen LogP contribution < -0.4 is 5.32 Å². The smallest absolute Gasteiger partial charge is 0.117 e. The highest BCUT2D eigenvalue weighted by Gasteiger charge is 2.23. The van der Waals surface area contributed by atoms with Gasteiger partial charge in [-0.15, -0.1) is 0 Å². The zero-order valence-corrected chi connectivity index (χ0v) is 14.5. The second-order valence-corrected chi connectivity index (χ2v) is 6.83. The van der Waals surface area contributed by atoms with E-state index in [0.717, 1.165) is 18.2 Å². The fraction of sp³-hybridized carbons (Fsp3) is 0.429. The molecular weight excluding hydrogens is 296 g/mol. The summed E-state index contributed by atoms with van der Waals surface area (Å²) in [5, 5.41) is 12.9. The number of nitrogens with zero attached hydrogens (tertiary/aromatic N) is 1. The summed E-state index contributed by atoms with van der Waals surface area (Å²) < 4.78 is 0. The van der Waals surface area contributed by atoms with Gasteiger partial charge >= 0.3 is 0 Å². The Labute approximate surface area is 145 Å². The first-order valence-corrected chi connectivity index (χ1v) is 9.04. The van der Waals surface area contributed by atoms with E-state index in [2.05, 4.69) is 47.5 Å². The lowest BCUT2D eigenvalue weighted by Crippen LogP contribution is -2.36. The van der Waals surface area contributed by atoms with Crippen LogP contribution in [0.1, 0.15) is 37.8 Å². The lowest BCUT2D eigenvalue weighted by molar-refractivity contribution is 0.139. The van der Waals surface area contributed by atoms with Gasteiger partial charge in [0.15, 0.2) is 0 Å². The van der Waals surface area contributed by atoms with Gasteiger partial charge in [-0.2, -0.15) is 0 Å². The lowest BCUT2D eigenvalue weighted by atomic mass is 9.92. The first-order valence-electron chi connectivity index (χ1n) is 9.04. The fourth-order valence-corrected chi connectivity index (χ4v) is 3.61. The monoisotopic (exact) mass is 324 g/mol. The van der Waals surface area contributed by atoms with Gasteiger partial charge in [0.25, 0.3) is 0 Å². The maximum atomic E-state index is 9.49. The largest absolute Gasteiger partial charge is 0.508 e. The third-order valence-corrected chi connectivity index (χ3v) is 5.21. The number of benzene rings is 2. The molecule has 1 atom stereocenters. The van der Waals surface area contributed by atoms with Crippen molar-refractivity contribution in [3.05, 3.63) is 60.2 Å². The number of nitrogens with one attached hydrogen (secondary N) is 1. The normalized spacial score (nSPS) is 17.5. The number of aromatic hydroxyl groups is 1. The van der Waals surface area contributed by atoms with Crippen LogP contribution in [0.5, 0.6) is 5.75 Å². The maximum Gasteiger partial charge on any atom is 0.117 e. The van der Waals surface area contributed by atoms with Gasteiger partial charge < -0.3 is 10.4 Å². The summed E-state index contributed by atoms with van der Waals surface area (Å²) in [6.45, 7) is 5.67. The molecule has 1 unspecified atom stereocenters. The first-order chi connectivity index (χ1) is 11.7. The highest BCUT2D eigenvalue weighted by atomic mass is 16.3. The molecule has 0 bridgehead atoms. The number of likely N-dealkylation sites (tertiary alicyclic amines) is 1. The van der Waals surface area contributed by atoms with Crippen LogP contribution in [0.25, 0.3) is 0 Å². The molecule has 0 amide bonds. The average Bonchev–Trinajstić information content (AvgIpc) is 2.63. The highest BCUT2D eigenvalue weighted by Crippen LogP contribution is 2.28. The molecule has 0 saturated carbocycles. The lowest BCUT2D eigenvalue weighted by Gasteiger charge is -2.36. The molecule has 1 fully saturated rings. The summed E-state index contributed by atoms with van der Waals surface area (Å²) in [6, 6.07) is 18.7. The zero-order valence-electron chi connectivity index (χ0n) is 14.5. The van der Waals surface area contributed by atoms with Crippen molar-refractivity contribution in [3.8, 4) is 5.75 Å². The van der Waals surface area contributed by atoms with Gasteiger partial charge in [-0.05, 0) is 62.9 Å². The molecule has 2 aromatic carbocycles. The van der Waals surface area contributed by atoms with Gasteiger partial charge in [0, 0.05) is 24.3 Å². The Hall–Kier alpha value is -2.00.